The van der Waals surface area contributed by atoms with Gasteiger partial charge >= 0.3 is 10.1 Å². The van der Waals surface area contributed by atoms with E-state index in [0.717, 1.165) is 42.0 Å². The normalized spacial score (nSPS) is 15.1. The summed E-state index contributed by atoms with van der Waals surface area (Å²) in [6.45, 7) is 16.8. The van der Waals surface area contributed by atoms with Crippen LogP contribution in [0.1, 0.15) is 73.6 Å². The van der Waals surface area contributed by atoms with Crippen LogP contribution in [0.2, 0.25) is 0 Å². The van der Waals surface area contributed by atoms with Gasteiger partial charge in [-0.25, -0.2) is 0 Å². The summed E-state index contributed by atoms with van der Waals surface area (Å²) in [6, 6.07) is 30.6. The van der Waals surface area contributed by atoms with Gasteiger partial charge in [-0.15, -0.1) is 0 Å². The fraction of sp³-hybridized carbons (Fsp3) is 0.279. The maximum absolute atomic E-state index is 13.0. The minimum Gasteiger partial charge on any atom is -0.288 e. The van der Waals surface area contributed by atoms with E-state index in [1.165, 1.54) is 22.3 Å². The van der Waals surface area contributed by atoms with Crippen molar-refractivity contribution in [2.45, 2.75) is 77.9 Å². The Labute approximate surface area is 293 Å². The first-order valence-electron chi connectivity index (χ1n) is 16.9. The van der Waals surface area contributed by atoms with Gasteiger partial charge < -0.3 is 0 Å². The lowest BCUT2D eigenvalue weighted by atomic mass is 9.81. The van der Waals surface area contributed by atoms with Crippen LogP contribution in [0.3, 0.4) is 0 Å². The Hall–Kier alpha value is -4.45. The van der Waals surface area contributed by atoms with Crippen LogP contribution >= 0.6 is 0 Å². The molecule has 0 aliphatic heterocycles. The molecule has 252 valence electrons. The second kappa shape index (κ2) is 15.0. The van der Waals surface area contributed by atoms with E-state index >= 15 is 0 Å². The number of rotatable bonds is 11. The zero-order valence-electron chi connectivity index (χ0n) is 29.7. The summed E-state index contributed by atoms with van der Waals surface area (Å²) in [7, 11) is -4.56. The Morgan fingerprint density at radius 3 is 2.12 bits per heavy atom. The van der Waals surface area contributed by atoms with Crippen molar-refractivity contribution in [2.75, 3.05) is 6.54 Å². The topological polar surface area (TPSA) is 60.6 Å². The summed E-state index contributed by atoms with van der Waals surface area (Å²) >= 11 is 0. The standard InChI is InChI=1S/C43H47N2O3S/c1-8-44(29-33-14-10-12-31(3)26-33)38-21-16-35(17-22-38)42(40-25-20-37(43(5,6)7)28-41(40)49(46,47)48)36-18-23-39(24-19-36)45(9-2)30-34-15-11-13-32(4)27-34/h8,10-18,20-28,39H,9,29-30H2,1-7H3/q+1/p+1. The number of hydrogen-bond donors (Lipinski definition) is 1. The first kappa shape index (κ1) is 35.8. The Kier molecular flexibility index (Phi) is 11.0. The van der Waals surface area contributed by atoms with E-state index in [9.17, 15) is 13.0 Å². The highest BCUT2D eigenvalue weighted by atomic mass is 32.2. The molecular formula is C43H48N2O3S+2. The molecule has 0 fully saturated rings. The zero-order chi connectivity index (χ0) is 35.3. The molecule has 4 aromatic carbocycles. The predicted molar refractivity (Wildman–Crippen MR) is 201 cm³/mol. The molecule has 0 spiro atoms. The van der Waals surface area contributed by atoms with Crippen LogP contribution in [0, 0.1) is 19.8 Å². The van der Waals surface area contributed by atoms with E-state index in [-0.39, 0.29) is 16.4 Å². The highest BCUT2D eigenvalue weighted by Crippen LogP contribution is 2.39. The van der Waals surface area contributed by atoms with E-state index in [0.29, 0.717) is 11.5 Å². The second-order valence-corrected chi connectivity index (χ2v) is 15.2. The molecule has 0 bridgehead atoms. The number of nitrogens with zero attached hydrogens (tertiary/aromatic N) is 2. The lowest BCUT2D eigenvalue weighted by Crippen LogP contribution is -2.32. The van der Waals surface area contributed by atoms with Crippen molar-refractivity contribution >= 4 is 22.0 Å². The van der Waals surface area contributed by atoms with E-state index in [1.807, 2.05) is 58.0 Å². The highest BCUT2D eigenvalue weighted by molar-refractivity contribution is 7.85. The van der Waals surface area contributed by atoms with Crippen molar-refractivity contribution in [1.82, 2.24) is 4.90 Å². The molecule has 0 radical (unpaired) electrons. The van der Waals surface area contributed by atoms with E-state index < -0.39 is 10.1 Å². The van der Waals surface area contributed by atoms with Crippen molar-refractivity contribution in [3.8, 4) is 0 Å². The third-order valence-corrected chi connectivity index (χ3v) is 9.96. The van der Waals surface area contributed by atoms with Gasteiger partial charge in [0, 0.05) is 37.2 Å². The minimum atomic E-state index is -4.56. The quantitative estimate of drug-likeness (QED) is 0.0567. The van der Waals surface area contributed by atoms with Crippen LogP contribution in [-0.4, -0.2) is 41.2 Å². The molecule has 0 aromatic heterocycles. The fourth-order valence-corrected chi connectivity index (χ4v) is 7.08. The fourth-order valence-electron chi connectivity index (χ4n) is 6.35. The lowest BCUT2D eigenvalue weighted by molar-refractivity contribution is -0.453. The molecular weight excluding hydrogens is 625 g/mol. The van der Waals surface area contributed by atoms with Gasteiger partial charge in [0.05, 0.1) is 23.1 Å². The predicted octanol–water partition coefficient (Wildman–Crippen LogP) is 9.30. The number of likely N-dealkylation sites (N-methyl/N-ethyl adjacent to an activating group) is 1. The highest BCUT2D eigenvalue weighted by Gasteiger charge is 2.34. The summed E-state index contributed by atoms with van der Waals surface area (Å²) in [6.07, 6.45) is 8.29. The second-order valence-electron chi connectivity index (χ2n) is 13.9. The number of allylic oxidation sites excluding steroid dienone is 1. The maximum Gasteiger partial charge on any atom is 0.315 e. The molecule has 5 rings (SSSR count). The van der Waals surface area contributed by atoms with Crippen LogP contribution in [0.4, 0.5) is 5.69 Å². The van der Waals surface area contributed by atoms with E-state index in [2.05, 4.69) is 115 Å². The summed E-state index contributed by atoms with van der Waals surface area (Å²) in [5.41, 5.74) is 12.0. The molecule has 1 unspecified atom stereocenters. The summed E-state index contributed by atoms with van der Waals surface area (Å²) < 4.78 is 38.7. The van der Waals surface area contributed by atoms with Gasteiger partial charge in [-0.3, -0.25) is 9.45 Å². The van der Waals surface area contributed by atoms with Gasteiger partial charge in [0.15, 0.2) is 6.54 Å². The van der Waals surface area contributed by atoms with Crippen molar-refractivity contribution < 1.29 is 17.5 Å². The molecule has 1 atom stereocenters. The van der Waals surface area contributed by atoms with Gasteiger partial charge in [-0.2, -0.15) is 13.0 Å². The average Bonchev–Trinajstić information content (AvgIpc) is 3.06. The van der Waals surface area contributed by atoms with Gasteiger partial charge in [-0.05, 0) is 91.2 Å². The smallest absolute Gasteiger partial charge is 0.288 e. The Morgan fingerprint density at radius 2 is 1.57 bits per heavy atom. The Morgan fingerprint density at radius 1 is 0.918 bits per heavy atom. The zero-order valence-corrected chi connectivity index (χ0v) is 30.6. The van der Waals surface area contributed by atoms with Crippen molar-refractivity contribution in [3.05, 3.63) is 165 Å². The summed E-state index contributed by atoms with van der Waals surface area (Å²) in [4.78, 5) is 2.26. The number of aryl methyl sites for hydroxylation is 2. The Balaban J connectivity index is 1.57. The van der Waals surface area contributed by atoms with Crippen molar-refractivity contribution in [1.29, 1.82) is 0 Å². The molecule has 0 saturated carbocycles. The van der Waals surface area contributed by atoms with E-state index in [4.69, 9.17) is 0 Å². The molecule has 0 heterocycles. The minimum absolute atomic E-state index is 0.0254. The van der Waals surface area contributed by atoms with Gasteiger partial charge in [0.25, 0.3) is 0 Å². The molecule has 1 aliphatic rings. The third-order valence-electron chi connectivity index (χ3n) is 9.06. The van der Waals surface area contributed by atoms with Crippen LogP contribution in [0.15, 0.2) is 125 Å². The van der Waals surface area contributed by atoms with Gasteiger partial charge in [0.2, 0.25) is 5.69 Å². The van der Waals surface area contributed by atoms with Crippen molar-refractivity contribution in [3.63, 3.8) is 0 Å². The Bertz CT molecular complexity index is 2040. The van der Waals surface area contributed by atoms with Gasteiger partial charge in [-0.1, -0.05) is 81.3 Å². The van der Waals surface area contributed by atoms with Crippen LogP contribution < -0.4 is 0 Å². The van der Waals surface area contributed by atoms with E-state index in [1.54, 1.807) is 6.07 Å². The first-order valence-corrected chi connectivity index (χ1v) is 18.4. The van der Waals surface area contributed by atoms with Crippen LogP contribution in [0.5, 0.6) is 0 Å². The maximum atomic E-state index is 13.0. The molecule has 0 saturated heterocycles. The summed E-state index contributed by atoms with van der Waals surface area (Å²) in [5.74, 6) is 0.693. The first-order chi connectivity index (χ1) is 23.3. The largest absolute Gasteiger partial charge is 0.315 e. The molecule has 6 heteroatoms. The van der Waals surface area contributed by atoms with Crippen LogP contribution in [0.25, 0.3) is 0 Å². The number of hydrogen-bond acceptors (Lipinski definition) is 3. The SMILES string of the molecule is CC=[N+](Cc1cccc(C)c1)c1ccc([C+](C2=C=CC(N(CC)Cc3cccc(C)c3)C=C2)c2ccc(C(C)(C)C)cc2S(=O)(=O)O)cc1. The van der Waals surface area contributed by atoms with Crippen molar-refractivity contribution in [2.24, 2.45) is 0 Å². The molecule has 0 amide bonds. The molecule has 1 aliphatic carbocycles. The van der Waals surface area contributed by atoms with Gasteiger partial charge in [0.1, 0.15) is 16.7 Å². The van der Waals surface area contributed by atoms with Crippen LogP contribution in [-0.2, 0) is 28.6 Å². The third kappa shape index (κ3) is 8.78. The molecule has 1 N–H and O–H groups in total. The molecule has 4 aromatic rings. The number of benzene rings is 4. The summed E-state index contributed by atoms with van der Waals surface area (Å²) in [5, 5.41) is 0. The molecule has 5 nitrogen and oxygen atoms in total. The average molecular weight is 673 g/mol. The monoisotopic (exact) mass is 672 g/mol. The lowest BCUT2D eigenvalue weighted by Gasteiger charge is -2.27. The molecule has 49 heavy (non-hydrogen) atoms.